The van der Waals surface area contributed by atoms with Crippen molar-refractivity contribution in [2.45, 2.75) is 19.8 Å². The number of aromatic amines is 1. The second-order valence-corrected chi connectivity index (χ2v) is 6.14. The quantitative estimate of drug-likeness (QED) is 0.760. The van der Waals surface area contributed by atoms with E-state index in [1.54, 1.807) is 25.2 Å². The number of benzene rings is 1. The Morgan fingerprint density at radius 3 is 2.79 bits per heavy atom. The number of hydrogen-bond acceptors (Lipinski definition) is 4. The molecule has 8 heteroatoms. The highest BCUT2D eigenvalue weighted by atomic mass is 35.5. The van der Waals surface area contributed by atoms with Gasteiger partial charge in [0.05, 0.1) is 5.69 Å². The fraction of sp³-hybridized carbons (Fsp3) is 0.250. The molecule has 0 saturated heterocycles. The van der Waals surface area contributed by atoms with Crippen molar-refractivity contribution in [2.75, 3.05) is 5.32 Å². The molecule has 0 fully saturated rings. The number of halogens is 1. The predicted molar refractivity (Wildman–Crippen MR) is 92.1 cm³/mol. The van der Waals surface area contributed by atoms with Crippen LogP contribution in [0.5, 0.6) is 0 Å². The number of carbonyl (C=O) groups excluding carboxylic acids is 1. The maximum Gasteiger partial charge on any atom is 0.276 e. The Balaban J connectivity index is 1.82. The second kappa shape index (κ2) is 6.45. The van der Waals surface area contributed by atoms with Crippen LogP contribution >= 0.6 is 11.6 Å². The number of aromatic nitrogens is 5. The third kappa shape index (κ3) is 3.30. The van der Waals surface area contributed by atoms with E-state index >= 15 is 0 Å². The maximum absolute atomic E-state index is 12.4. The molecule has 0 aliphatic carbocycles. The predicted octanol–water partition coefficient (Wildman–Crippen LogP) is 3.23. The fourth-order valence-corrected chi connectivity index (χ4v) is 2.41. The van der Waals surface area contributed by atoms with Crippen LogP contribution in [0.2, 0.25) is 5.02 Å². The van der Waals surface area contributed by atoms with Crippen LogP contribution in [-0.2, 0) is 7.05 Å². The molecule has 0 spiro atoms. The summed E-state index contributed by atoms with van der Waals surface area (Å²) in [5, 5.41) is 14.4. The zero-order chi connectivity index (χ0) is 17.3. The molecular weight excluding hydrogens is 328 g/mol. The molecule has 24 heavy (non-hydrogen) atoms. The van der Waals surface area contributed by atoms with E-state index in [0.29, 0.717) is 16.4 Å². The molecule has 3 aromatic rings. The number of carbonyl (C=O) groups is 1. The van der Waals surface area contributed by atoms with Crippen LogP contribution in [-0.4, -0.2) is 30.9 Å². The van der Waals surface area contributed by atoms with E-state index in [1.165, 1.54) is 4.68 Å². The first kappa shape index (κ1) is 16.2. The van der Waals surface area contributed by atoms with Crippen molar-refractivity contribution >= 4 is 23.5 Å². The minimum absolute atomic E-state index is 0.203. The Bertz CT molecular complexity index is 882. The monoisotopic (exact) mass is 344 g/mol. The summed E-state index contributed by atoms with van der Waals surface area (Å²) in [5.74, 6) is 0.839. The minimum Gasteiger partial charge on any atom is -0.288 e. The highest BCUT2D eigenvalue weighted by Crippen LogP contribution is 2.22. The molecule has 0 bridgehead atoms. The Labute approximate surface area is 144 Å². The van der Waals surface area contributed by atoms with Gasteiger partial charge in [-0.3, -0.25) is 19.9 Å². The molecular formula is C16H17ClN6O. The van der Waals surface area contributed by atoms with Gasteiger partial charge in [0, 0.05) is 23.6 Å². The highest BCUT2D eigenvalue weighted by Gasteiger charge is 2.17. The number of anilines is 1. The van der Waals surface area contributed by atoms with Crippen LogP contribution in [0.25, 0.3) is 11.3 Å². The number of amides is 1. The first-order valence-electron chi connectivity index (χ1n) is 7.47. The van der Waals surface area contributed by atoms with Gasteiger partial charge in [-0.15, -0.1) is 5.10 Å². The number of H-pyrrole nitrogens is 1. The maximum atomic E-state index is 12.4. The molecule has 1 aromatic carbocycles. The average Bonchev–Trinajstić information content (AvgIpc) is 3.14. The number of aryl methyl sites for hydroxylation is 1. The average molecular weight is 345 g/mol. The molecule has 0 unspecified atom stereocenters. The van der Waals surface area contributed by atoms with Gasteiger partial charge in [-0.1, -0.05) is 37.6 Å². The molecule has 3 rings (SSSR count). The summed E-state index contributed by atoms with van der Waals surface area (Å²) in [6.07, 6.45) is 0. The van der Waals surface area contributed by atoms with Crippen molar-refractivity contribution in [3.63, 3.8) is 0 Å². The summed E-state index contributed by atoms with van der Waals surface area (Å²) in [7, 11) is 1.71. The normalized spacial score (nSPS) is 11.0. The standard InChI is InChI=1S/C16H17ClN6O/c1-9(2)14-18-16(21-20-14)19-15(24)13-8-12(22-23(13)3)10-5-4-6-11(17)7-10/h4-9H,1-3H3,(H2,18,19,20,21,24). The van der Waals surface area contributed by atoms with Crippen LogP contribution in [0, 0.1) is 0 Å². The van der Waals surface area contributed by atoms with Gasteiger partial charge in [0.1, 0.15) is 11.5 Å². The molecule has 0 atom stereocenters. The number of nitrogens with zero attached hydrogens (tertiary/aromatic N) is 4. The zero-order valence-corrected chi connectivity index (χ0v) is 14.3. The van der Waals surface area contributed by atoms with E-state index in [1.807, 2.05) is 26.0 Å². The summed E-state index contributed by atoms with van der Waals surface area (Å²) in [6.45, 7) is 3.98. The molecule has 124 valence electrons. The van der Waals surface area contributed by atoms with Crippen molar-refractivity contribution in [3.05, 3.63) is 46.9 Å². The van der Waals surface area contributed by atoms with Gasteiger partial charge >= 0.3 is 0 Å². The lowest BCUT2D eigenvalue weighted by Crippen LogP contribution is -2.16. The van der Waals surface area contributed by atoms with Crippen LogP contribution in [0.1, 0.15) is 36.1 Å². The van der Waals surface area contributed by atoms with Crippen molar-refractivity contribution in [3.8, 4) is 11.3 Å². The van der Waals surface area contributed by atoms with Crippen molar-refractivity contribution in [1.82, 2.24) is 25.0 Å². The van der Waals surface area contributed by atoms with E-state index in [9.17, 15) is 4.79 Å². The summed E-state index contributed by atoms with van der Waals surface area (Å²) < 4.78 is 1.52. The number of rotatable bonds is 4. The van der Waals surface area contributed by atoms with Gasteiger partial charge in [-0.05, 0) is 18.2 Å². The lowest BCUT2D eigenvalue weighted by Gasteiger charge is -2.00. The molecule has 2 heterocycles. The van der Waals surface area contributed by atoms with Gasteiger partial charge in [0.2, 0.25) is 5.95 Å². The van der Waals surface area contributed by atoms with Gasteiger partial charge in [0.25, 0.3) is 5.91 Å². The second-order valence-electron chi connectivity index (χ2n) is 5.70. The number of nitrogens with one attached hydrogen (secondary N) is 2. The summed E-state index contributed by atoms with van der Waals surface area (Å²) in [5.41, 5.74) is 1.92. The molecule has 2 N–H and O–H groups in total. The van der Waals surface area contributed by atoms with E-state index in [-0.39, 0.29) is 17.8 Å². The smallest absolute Gasteiger partial charge is 0.276 e. The molecule has 2 aromatic heterocycles. The van der Waals surface area contributed by atoms with Gasteiger partial charge in [-0.25, -0.2) is 0 Å². The molecule has 0 saturated carbocycles. The third-order valence-corrected chi connectivity index (χ3v) is 3.74. The Hall–Kier alpha value is -2.67. The third-order valence-electron chi connectivity index (χ3n) is 3.51. The van der Waals surface area contributed by atoms with E-state index in [0.717, 1.165) is 11.4 Å². The molecule has 0 aliphatic rings. The molecule has 0 radical (unpaired) electrons. The number of hydrogen-bond donors (Lipinski definition) is 2. The first-order valence-corrected chi connectivity index (χ1v) is 7.85. The van der Waals surface area contributed by atoms with Crippen molar-refractivity contribution < 1.29 is 4.79 Å². The largest absolute Gasteiger partial charge is 0.288 e. The van der Waals surface area contributed by atoms with Gasteiger partial charge in [-0.2, -0.15) is 10.1 Å². The molecule has 0 aliphatic heterocycles. The van der Waals surface area contributed by atoms with Crippen LogP contribution < -0.4 is 5.32 Å². The Morgan fingerprint density at radius 1 is 1.33 bits per heavy atom. The summed E-state index contributed by atoms with van der Waals surface area (Å²) >= 11 is 6.01. The van der Waals surface area contributed by atoms with E-state index in [4.69, 9.17) is 11.6 Å². The highest BCUT2D eigenvalue weighted by molar-refractivity contribution is 6.30. The summed E-state index contributed by atoms with van der Waals surface area (Å²) in [6, 6.07) is 9.02. The van der Waals surface area contributed by atoms with Crippen LogP contribution in [0.4, 0.5) is 5.95 Å². The Kier molecular flexibility index (Phi) is 4.35. The Morgan fingerprint density at radius 2 is 2.12 bits per heavy atom. The van der Waals surface area contributed by atoms with Crippen molar-refractivity contribution in [1.29, 1.82) is 0 Å². The molecule has 1 amide bonds. The van der Waals surface area contributed by atoms with Crippen LogP contribution in [0.15, 0.2) is 30.3 Å². The first-order chi connectivity index (χ1) is 11.4. The fourth-order valence-electron chi connectivity index (χ4n) is 2.22. The zero-order valence-electron chi connectivity index (χ0n) is 13.5. The lowest BCUT2D eigenvalue weighted by atomic mass is 10.1. The lowest BCUT2D eigenvalue weighted by molar-refractivity contribution is 0.101. The van der Waals surface area contributed by atoms with Gasteiger partial charge < -0.3 is 0 Å². The van der Waals surface area contributed by atoms with E-state index in [2.05, 4.69) is 25.6 Å². The SMILES string of the molecule is CC(C)c1nc(NC(=O)c2cc(-c3cccc(Cl)c3)nn2C)n[nH]1. The molecule has 7 nitrogen and oxygen atoms in total. The van der Waals surface area contributed by atoms with Crippen molar-refractivity contribution in [2.24, 2.45) is 7.05 Å². The minimum atomic E-state index is -0.326. The van der Waals surface area contributed by atoms with E-state index < -0.39 is 0 Å². The topological polar surface area (TPSA) is 88.5 Å². The van der Waals surface area contributed by atoms with Gasteiger partial charge in [0.15, 0.2) is 0 Å². The summed E-state index contributed by atoms with van der Waals surface area (Å²) in [4.78, 5) is 16.7. The van der Waals surface area contributed by atoms with Crippen LogP contribution in [0.3, 0.4) is 0 Å².